The summed E-state index contributed by atoms with van der Waals surface area (Å²) in [5.41, 5.74) is 5.78. The first kappa shape index (κ1) is 9.26. The summed E-state index contributed by atoms with van der Waals surface area (Å²) in [6.07, 6.45) is 5.12. The number of rotatable bonds is 2. The Morgan fingerprint density at radius 1 is 1.30 bits per heavy atom. The molecule has 0 atom stereocenters. The van der Waals surface area contributed by atoms with Gasteiger partial charge in [0.15, 0.2) is 0 Å². The van der Waals surface area contributed by atoms with Crippen LogP contribution in [0.3, 0.4) is 0 Å². The highest BCUT2D eigenvalue weighted by Gasteiger charge is 1.81. The van der Waals surface area contributed by atoms with Crippen LogP contribution in [0, 0.1) is 0 Å². The average molecular weight is 136 g/mol. The van der Waals surface area contributed by atoms with Crippen molar-refractivity contribution >= 4 is 0 Å². The Labute approximate surface area is 64.0 Å². The van der Waals surface area contributed by atoms with Crippen LogP contribution in [0.2, 0.25) is 0 Å². The third-order valence-electron chi connectivity index (χ3n) is 1.41. The molecule has 0 unspecified atom stereocenters. The molecule has 0 fully saturated rings. The van der Waals surface area contributed by atoms with Gasteiger partial charge in [0.1, 0.15) is 0 Å². The molecule has 0 saturated heterocycles. The molecule has 0 radical (unpaired) electrons. The third kappa shape index (κ3) is 4.17. The van der Waals surface area contributed by atoms with Crippen molar-refractivity contribution in [2.45, 2.75) is 34.1 Å². The van der Waals surface area contributed by atoms with Crippen molar-refractivity contribution in [1.29, 1.82) is 0 Å². The van der Waals surface area contributed by atoms with Crippen LogP contribution in [0.5, 0.6) is 0 Å². The maximum atomic E-state index is 3.11. The third-order valence-corrected chi connectivity index (χ3v) is 1.41. The Morgan fingerprint density at radius 3 is 2.30 bits per heavy atom. The summed E-state index contributed by atoms with van der Waals surface area (Å²) in [7, 11) is 0. The van der Waals surface area contributed by atoms with E-state index in [-0.39, 0.29) is 0 Å². The normalized spacial score (nSPS) is 8.00. The van der Waals surface area contributed by atoms with Gasteiger partial charge in [-0.2, -0.15) is 0 Å². The van der Waals surface area contributed by atoms with Gasteiger partial charge in [0.2, 0.25) is 0 Å². The van der Waals surface area contributed by atoms with Crippen LogP contribution in [0.1, 0.15) is 34.1 Å². The highest BCUT2D eigenvalue weighted by atomic mass is 13.9. The molecule has 0 aromatic heterocycles. The zero-order valence-corrected chi connectivity index (χ0v) is 7.36. The molecule has 0 spiro atoms. The molecule has 10 heavy (non-hydrogen) atoms. The van der Waals surface area contributed by atoms with E-state index in [4.69, 9.17) is 0 Å². The fraction of sp³-hybridized carbons (Fsp3) is 0.500. The number of allylic oxidation sites excluding steroid dienone is 3. The molecule has 0 aliphatic rings. The molecular weight excluding hydrogens is 120 g/mol. The van der Waals surface area contributed by atoms with Gasteiger partial charge in [-0.15, -0.1) is 5.73 Å². The molecule has 0 aliphatic carbocycles. The number of hydrogen-bond donors (Lipinski definition) is 0. The first-order valence-corrected chi connectivity index (χ1v) is 3.73. The second-order valence-corrected chi connectivity index (χ2v) is 2.61. The lowest BCUT2D eigenvalue weighted by molar-refractivity contribution is 1.22. The van der Waals surface area contributed by atoms with Gasteiger partial charge in [0.25, 0.3) is 0 Å². The lowest BCUT2D eigenvalue weighted by Crippen LogP contribution is -1.70. The van der Waals surface area contributed by atoms with E-state index in [2.05, 4.69) is 33.4 Å². The van der Waals surface area contributed by atoms with Crippen molar-refractivity contribution in [3.63, 3.8) is 0 Å². The Balaban J connectivity index is 4.16. The minimum absolute atomic E-state index is 1.06. The molecule has 0 rings (SSSR count). The highest BCUT2D eigenvalue weighted by molar-refractivity contribution is 5.20. The van der Waals surface area contributed by atoms with E-state index in [0.717, 1.165) is 6.42 Å². The molecule has 0 N–H and O–H groups in total. The summed E-state index contributed by atoms with van der Waals surface area (Å²) >= 11 is 0. The lowest BCUT2D eigenvalue weighted by atomic mass is 10.2. The maximum Gasteiger partial charge on any atom is -0.0175 e. The summed E-state index contributed by atoms with van der Waals surface area (Å²) in [5, 5.41) is 0. The van der Waals surface area contributed by atoms with Crippen LogP contribution >= 0.6 is 0 Å². The summed E-state index contributed by atoms with van der Waals surface area (Å²) in [6, 6.07) is 0. The molecule has 0 aliphatic heterocycles. The Kier molecular flexibility index (Phi) is 4.70. The summed E-state index contributed by atoms with van der Waals surface area (Å²) < 4.78 is 0. The first-order chi connectivity index (χ1) is 4.68. The van der Waals surface area contributed by atoms with Crippen LogP contribution in [-0.2, 0) is 0 Å². The molecule has 0 amide bonds. The number of hydrogen-bond acceptors (Lipinski definition) is 0. The van der Waals surface area contributed by atoms with E-state index < -0.39 is 0 Å². The summed E-state index contributed by atoms with van der Waals surface area (Å²) in [5.74, 6) is 0. The van der Waals surface area contributed by atoms with E-state index >= 15 is 0 Å². The minimum atomic E-state index is 1.06. The van der Waals surface area contributed by atoms with Crippen LogP contribution in [-0.4, -0.2) is 0 Å². The first-order valence-electron chi connectivity index (χ1n) is 3.73. The maximum absolute atomic E-state index is 3.11. The van der Waals surface area contributed by atoms with Crippen molar-refractivity contribution < 1.29 is 0 Å². The van der Waals surface area contributed by atoms with Gasteiger partial charge in [-0.05, 0) is 44.9 Å². The zero-order valence-electron chi connectivity index (χ0n) is 7.36. The van der Waals surface area contributed by atoms with Crippen molar-refractivity contribution in [1.82, 2.24) is 0 Å². The zero-order chi connectivity index (χ0) is 7.98. The van der Waals surface area contributed by atoms with Crippen molar-refractivity contribution in [3.8, 4) is 0 Å². The topological polar surface area (TPSA) is 0 Å². The molecule has 0 heteroatoms. The minimum Gasteiger partial charge on any atom is -0.125 e. The quantitative estimate of drug-likeness (QED) is 0.403. The van der Waals surface area contributed by atoms with Crippen LogP contribution in [0.15, 0.2) is 29.0 Å². The summed E-state index contributed by atoms with van der Waals surface area (Å²) in [6.45, 7) is 8.43. The molecule has 0 bridgehead atoms. The van der Waals surface area contributed by atoms with Gasteiger partial charge in [0.05, 0.1) is 0 Å². The molecule has 0 aromatic rings. The highest BCUT2D eigenvalue weighted by Crippen LogP contribution is 2.01. The molecule has 56 valence electrons. The standard InChI is InChI=1S/C10H16/c1-5-6-7-8-10(4)9(2)3/h6,8H,5H2,1-4H3. The van der Waals surface area contributed by atoms with E-state index in [1.54, 1.807) is 0 Å². The van der Waals surface area contributed by atoms with Gasteiger partial charge < -0.3 is 0 Å². The van der Waals surface area contributed by atoms with E-state index in [1.165, 1.54) is 11.1 Å². The molecular formula is C10H16. The predicted octanol–water partition coefficient (Wildman–Crippen LogP) is 3.46. The van der Waals surface area contributed by atoms with Crippen molar-refractivity contribution in [3.05, 3.63) is 29.0 Å². The second kappa shape index (κ2) is 5.08. The van der Waals surface area contributed by atoms with Gasteiger partial charge in [-0.1, -0.05) is 12.5 Å². The monoisotopic (exact) mass is 136 g/mol. The van der Waals surface area contributed by atoms with E-state index in [9.17, 15) is 0 Å². The fourth-order valence-electron chi connectivity index (χ4n) is 0.446. The predicted molar refractivity (Wildman–Crippen MR) is 47.0 cm³/mol. The largest absolute Gasteiger partial charge is 0.125 e. The summed E-state index contributed by atoms with van der Waals surface area (Å²) in [4.78, 5) is 0. The van der Waals surface area contributed by atoms with Crippen LogP contribution < -0.4 is 0 Å². The van der Waals surface area contributed by atoms with Gasteiger partial charge >= 0.3 is 0 Å². The van der Waals surface area contributed by atoms with E-state index in [0.29, 0.717) is 0 Å². The second-order valence-electron chi connectivity index (χ2n) is 2.61. The molecule has 0 heterocycles. The van der Waals surface area contributed by atoms with E-state index in [1.807, 2.05) is 12.2 Å². The Bertz CT molecular complexity index is 172. The Hall–Kier alpha value is -0.740. The molecule has 0 aromatic carbocycles. The van der Waals surface area contributed by atoms with Crippen molar-refractivity contribution in [2.75, 3.05) is 0 Å². The fourth-order valence-corrected chi connectivity index (χ4v) is 0.446. The Morgan fingerprint density at radius 2 is 1.90 bits per heavy atom. The van der Waals surface area contributed by atoms with Crippen molar-refractivity contribution in [2.24, 2.45) is 0 Å². The van der Waals surface area contributed by atoms with Crippen LogP contribution in [0.25, 0.3) is 0 Å². The van der Waals surface area contributed by atoms with Gasteiger partial charge in [-0.3, -0.25) is 0 Å². The van der Waals surface area contributed by atoms with Gasteiger partial charge in [0, 0.05) is 0 Å². The smallest absolute Gasteiger partial charge is 0.0175 e. The van der Waals surface area contributed by atoms with Gasteiger partial charge in [-0.25, -0.2) is 0 Å². The SMILES string of the molecule is CCC=C=CC(C)=C(C)C. The average Bonchev–Trinajstić information content (AvgIpc) is 1.88. The lowest BCUT2D eigenvalue weighted by Gasteiger charge is -1.90. The molecule has 0 saturated carbocycles. The van der Waals surface area contributed by atoms with Crippen LogP contribution in [0.4, 0.5) is 0 Å². The molecule has 0 nitrogen and oxygen atoms in total.